The van der Waals surface area contributed by atoms with Crippen molar-refractivity contribution in [2.24, 2.45) is 11.8 Å². The van der Waals surface area contributed by atoms with E-state index in [1.54, 1.807) is 23.1 Å². The van der Waals surface area contributed by atoms with Gasteiger partial charge >= 0.3 is 6.09 Å². The van der Waals surface area contributed by atoms with Gasteiger partial charge in [0.1, 0.15) is 18.1 Å². The summed E-state index contributed by atoms with van der Waals surface area (Å²) in [5.74, 6) is 2.10. The summed E-state index contributed by atoms with van der Waals surface area (Å²) in [4.78, 5) is 59.3. The Kier molecular flexibility index (Phi) is 16.0. The largest absolute Gasteiger partial charge is 0.445 e. The SMILES string of the molecule is O=C(CCc1cc(=O)[nH]o1)NCCC1CCN(C(=O)OCc2cc(Cl)cc(Cl)c2)CC1.O=C(CCc1cc(=O)[nH]o1)NCCC1CCNCC1. The van der Waals surface area contributed by atoms with E-state index in [1.807, 2.05) is 0 Å². The monoisotopic (exact) mass is 736 g/mol. The molecule has 16 heteroatoms. The molecule has 0 atom stereocenters. The van der Waals surface area contributed by atoms with E-state index >= 15 is 0 Å². The van der Waals surface area contributed by atoms with E-state index in [4.69, 9.17) is 37.0 Å². The number of carbonyl (C=O) groups excluding carboxylic acids is 3. The number of aromatic amines is 2. The molecule has 4 heterocycles. The zero-order valence-corrected chi connectivity index (χ0v) is 29.5. The molecule has 3 aromatic rings. The lowest BCUT2D eigenvalue weighted by atomic mass is 9.94. The molecule has 0 saturated carbocycles. The minimum Gasteiger partial charge on any atom is -0.445 e. The van der Waals surface area contributed by atoms with Crippen LogP contribution in [0.5, 0.6) is 0 Å². The maximum atomic E-state index is 12.3. The molecule has 0 spiro atoms. The van der Waals surface area contributed by atoms with Gasteiger partial charge in [0.05, 0.1) is 0 Å². The van der Waals surface area contributed by atoms with Crippen molar-refractivity contribution in [3.8, 4) is 0 Å². The lowest BCUT2D eigenvalue weighted by Gasteiger charge is -2.31. The normalized spacial score (nSPS) is 15.2. The third-order valence-electron chi connectivity index (χ3n) is 8.71. The number of aromatic nitrogens is 2. The van der Waals surface area contributed by atoms with Gasteiger partial charge in [-0.1, -0.05) is 23.2 Å². The van der Waals surface area contributed by atoms with Crippen LogP contribution in [-0.2, 0) is 33.8 Å². The lowest BCUT2D eigenvalue weighted by molar-refractivity contribution is -0.122. The highest BCUT2D eigenvalue weighted by molar-refractivity contribution is 6.34. The van der Waals surface area contributed by atoms with Gasteiger partial charge in [0, 0.05) is 74.0 Å². The summed E-state index contributed by atoms with van der Waals surface area (Å²) < 4.78 is 15.2. The highest BCUT2D eigenvalue weighted by Crippen LogP contribution is 2.22. The molecule has 14 nitrogen and oxygen atoms in total. The van der Waals surface area contributed by atoms with Crippen molar-refractivity contribution >= 4 is 41.1 Å². The number of piperidine rings is 2. The van der Waals surface area contributed by atoms with Gasteiger partial charge in [-0.05, 0) is 87.2 Å². The average Bonchev–Trinajstić information content (AvgIpc) is 3.73. The summed E-state index contributed by atoms with van der Waals surface area (Å²) in [6.45, 7) is 4.87. The van der Waals surface area contributed by atoms with Gasteiger partial charge in [0.25, 0.3) is 11.1 Å². The Bertz CT molecular complexity index is 1600. The molecule has 2 fully saturated rings. The Morgan fingerprint density at radius 3 is 1.74 bits per heavy atom. The molecular weight excluding hydrogens is 691 g/mol. The van der Waals surface area contributed by atoms with Crippen LogP contribution < -0.4 is 27.1 Å². The molecule has 274 valence electrons. The van der Waals surface area contributed by atoms with Crippen LogP contribution in [0, 0.1) is 11.8 Å². The number of hydrogen-bond acceptors (Lipinski definition) is 9. The summed E-state index contributed by atoms with van der Waals surface area (Å²) in [5, 5.41) is 14.6. The molecule has 2 aliphatic heterocycles. The molecule has 2 aromatic heterocycles. The zero-order chi connectivity index (χ0) is 35.7. The minimum absolute atomic E-state index is 0.0118. The molecule has 5 N–H and O–H groups in total. The first kappa shape index (κ1) is 38.8. The fraction of sp³-hybridized carbons (Fsp3) is 0.559. The van der Waals surface area contributed by atoms with E-state index in [0.29, 0.717) is 66.4 Å². The van der Waals surface area contributed by atoms with Crippen molar-refractivity contribution in [2.75, 3.05) is 39.3 Å². The molecule has 2 aliphatic rings. The van der Waals surface area contributed by atoms with E-state index in [-0.39, 0.29) is 42.1 Å². The molecule has 3 amide bonds. The molecule has 0 unspecified atom stereocenters. The number of ether oxygens (including phenoxy) is 1. The van der Waals surface area contributed by atoms with E-state index in [0.717, 1.165) is 56.8 Å². The molecule has 0 aliphatic carbocycles. The number of hydrogen-bond donors (Lipinski definition) is 5. The van der Waals surface area contributed by atoms with Crippen LogP contribution in [0.2, 0.25) is 10.0 Å². The molecule has 5 rings (SSSR count). The van der Waals surface area contributed by atoms with Gasteiger partial charge in [0.2, 0.25) is 11.8 Å². The number of amides is 3. The first-order valence-electron chi connectivity index (χ1n) is 17.1. The van der Waals surface area contributed by atoms with Gasteiger partial charge in [0.15, 0.2) is 0 Å². The molecule has 0 radical (unpaired) electrons. The highest BCUT2D eigenvalue weighted by atomic mass is 35.5. The lowest BCUT2D eigenvalue weighted by Crippen LogP contribution is -2.39. The number of aryl methyl sites for hydroxylation is 2. The Morgan fingerprint density at radius 1 is 0.760 bits per heavy atom. The van der Waals surface area contributed by atoms with Crippen LogP contribution in [0.15, 0.2) is 49.0 Å². The molecule has 1 aromatic carbocycles. The molecule has 50 heavy (non-hydrogen) atoms. The zero-order valence-electron chi connectivity index (χ0n) is 28.0. The topological polar surface area (TPSA) is 192 Å². The summed E-state index contributed by atoms with van der Waals surface area (Å²) in [6.07, 6.45) is 7.14. The quantitative estimate of drug-likeness (QED) is 0.162. The Labute approximate surface area is 299 Å². The predicted octanol–water partition coefficient (Wildman–Crippen LogP) is 4.17. The second kappa shape index (κ2) is 20.6. The van der Waals surface area contributed by atoms with Crippen molar-refractivity contribution in [2.45, 2.75) is 70.8 Å². The van der Waals surface area contributed by atoms with Crippen LogP contribution >= 0.6 is 23.2 Å². The molecule has 0 bridgehead atoms. The van der Waals surface area contributed by atoms with Crippen molar-refractivity contribution in [3.05, 3.63) is 78.2 Å². The van der Waals surface area contributed by atoms with Crippen molar-refractivity contribution in [3.63, 3.8) is 0 Å². The summed E-state index contributed by atoms with van der Waals surface area (Å²) in [7, 11) is 0. The molecule has 2 saturated heterocycles. The van der Waals surface area contributed by atoms with Gasteiger partial charge < -0.3 is 34.6 Å². The number of nitrogens with one attached hydrogen (secondary N) is 5. The number of benzene rings is 1. The van der Waals surface area contributed by atoms with Crippen LogP contribution in [0.4, 0.5) is 4.79 Å². The van der Waals surface area contributed by atoms with E-state index in [1.165, 1.54) is 25.0 Å². The number of halogens is 2. The standard InChI is InChI=1S/C21H25Cl2N3O5.C13H21N3O3/c22-16-9-15(10-17(23)11-16)13-30-21(29)26-7-4-14(5-8-26)3-6-24-19(27)2-1-18-12-20(28)25-31-18;17-12(2-1-11-9-13(18)16-19-11)15-8-5-10-3-6-14-7-4-10/h9-12,14H,1-8,13H2,(H,24,27)(H,25,28);9-10,14H,1-8H2,(H,15,17)(H,16,18). The minimum atomic E-state index is -0.348. The van der Waals surface area contributed by atoms with Crippen LogP contribution in [0.25, 0.3) is 0 Å². The fourth-order valence-electron chi connectivity index (χ4n) is 5.88. The summed E-state index contributed by atoms with van der Waals surface area (Å²) in [6, 6.07) is 7.78. The second-order valence-electron chi connectivity index (χ2n) is 12.6. The Balaban J connectivity index is 0.000000252. The summed E-state index contributed by atoms with van der Waals surface area (Å²) in [5.41, 5.74) is 0.177. The van der Waals surface area contributed by atoms with Crippen LogP contribution in [-0.4, -0.2) is 72.4 Å². The number of carbonyl (C=O) groups is 3. The van der Waals surface area contributed by atoms with Gasteiger partial charge in [-0.3, -0.25) is 19.2 Å². The Morgan fingerprint density at radius 2 is 1.26 bits per heavy atom. The third kappa shape index (κ3) is 14.5. The number of likely N-dealkylation sites (tertiary alicyclic amines) is 1. The van der Waals surface area contributed by atoms with E-state index < -0.39 is 0 Å². The Hall–Kier alpha value is -4.01. The van der Waals surface area contributed by atoms with E-state index in [9.17, 15) is 24.0 Å². The van der Waals surface area contributed by atoms with Crippen LogP contribution in [0.3, 0.4) is 0 Å². The van der Waals surface area contributed by atoms with E-state index in [2.05, 4.69) is 26.3 Å². The number of rotatable bonds is 14. The maximum absolute atomic E-state index is 12.3. The first-order valence-corrected chi connectivity index (χ1v) is 17.8. The average molecular weight is 738 g/mol. The molecular formula is C34H46Cl2N6O8. The maximum Gasteiger partial charge on any atom is 0.410 e. The van der Waals surface area contributed by atoms with Crippen molar-refractivity contribution in [1.29, 1.82) is 0 Å². The number of H-pyrrole nitrogens is 2. The first-order chi connectivity index (χ1) is 24.1. The summed E-state index contributed by atoms with van der Waals surface area (Å²) >= 11 is 11.9. The third-order valence-corrected chi connectivity index (χ3v) is 9.15. The van der Waals surface area contributed by atoms with Gasteiger partial charge in [-0.25, -0.2) is 4.79 Å². The van der Waals surface area contributed by atoms with Crippen LogP contribution in [0.1, 0.15) is 68.5 Å². The van der Waals surface area contributed by atoms with Gasteiger partial charge in [-0.15, -0.1) is 0 Å². The second-order valence-corrected chi connectivity index (χ2v) is 13.5. The van der Waals surface area contributed by atoms with Crippen molar-refractivity contribution < 1.29 is 28.2 Å². The predicted molar refractivity (Wildman–Crippen MR) is 187 cm³/mol. The fourth-order valence-corrected chi connectivity index (χ4v) is 6.45. The van der Waals surface area contributed by atoms with Crippen molar-refractivity contribution in [1.82, 2.24) is 31.2 Å². The van der Waals surface area contributed by atoms with Gasteiger partial charge in [-0.2, -0.15) is 10.3 Å². The highest BCUT2D eigenvalue weighted by Gasteiger charge is 2.24. The number of nitrogens with zero attached hydrogens (tertiary/aromatic N) is 1. The smallest absolute Gasteiger partial charge is 0.410 e.